The molecule has 35 heavy (non-hydrogen) atoms. The third-order valence-electron chi connectivity index (χ3n) is 6.44. The highest BCUT2D eigenvalue weighted by molar-refractivity contribution is 6.00. The van der Waals surface area contributed by atoms with E-state index in [4.69, 9.17) is 9.47 Å². The standard InChI is InChI=1S/C30H27NO4/c1-20-15-16-23(19-21(20)2)28-25-12-5-6-13-26(25)31(29(28)35-30(32)33)17-8-18-34-27-14-7-10-22-9-3-4-11-24(22)27/h3-7,9-16,19H,8,17-18H2,1-2H3,(H,32,33). The zero-order chi connectivity index (χ0) is 24.4. The van der Waals surface area contributed by atoms with Crippen molar-refractivity contribution in [2.75, 3.05) is 6.61 Å². The van der Waals surface area contributed by atoms with Crippen molar-refractivity contribution in [3.8, 4) is 22.8 Å². The third kappa shape index (κ3) is 4.45. The van der Waals surface area contributed by atoms with E-state index in [-0.39, 0.29) is 0 Å². The molecule has 0 amide bonds. The Labute approximate surface area is 204 Å². The number of hydrogen-bond acceptors (Lipinski definition) is 3. The second kappa shape index (κ2) is 9.55. The van der Waals surface area contributed by atoms with Crippen LogP contribution >= 0.6 is 0 Å². The van der Waals surface area contributed by atoms with Crippen LogP contribution in [-0.2, 0) is 6.54 Å². The summed E-state index contributed by atoms with van der Waals surface area (Å²) >= 11 is 0. The number of fused-ring (bicyclic) bond motifs is 2. The molecule has 0 atom stereocenters. The van der Waals surface area contributed by atoms with E-state index in [0.717, 1.165) is 44.1 Å². The first-order valence-electron chi connectivity index (χ1n) is 11.7. The van der Waals surface area contributed by atoms with E-state index >= 15 is 0 Å². The molecule has 5 aromatic rings. The number of hydrogen-bond donors (Lipinski definition) is 1. The minimum Gasteiger partial charge on any atom is -0.493 e. The Morgan fingerprint density at radius 1 is 0.857 bits per heavy atom. The lowest BCUT2D eigenvalue weighted by molar-refractivity contribution is 0.141. The molecule has 5 nitrogen and oxygen atoms in total. The fraction of sp³-hybridized carbons (Fsp3) is 0.167. The van der Waals surface area contributed by atoms with Gasteiger partial charge in [-0.15, -0.1) is 0 Å². The van der Waals surface area contributed by atoms with Gasteiger partial charge in [0.05, 0.1) is 17.7 Å². The Morgan fingerprint density at radius 3 is 2.40 bits per heavy atom. The van der Waals surface area contributed by atoms with Crippen LogP contribution in [0, 0.1) is 13.8 Å². The van der Waals surface area contributed by atoms with Gasteiger partial charge >= 0.3 is 6.16 Å². The number of carboxylic acid groups (broad SMARTS) is 1. The van der Waals surface area contributed by atoms with Crippen molar-refractivity contribution in [1.82, 2.24) is 4.57 Å². The van der Waals surface area contributed by atoms with Gasteiger partial charge < -0.3 is 19.1 Å². The van der Waals surface area contributed by atoms with Crippen molar-refractivity contribution in [2.24, 2.45) is 0 Å². The summed E-state index contributed by atoms with van der Waals surface area (Å²) in [6.07, 6.45) is -0.643. The Bertz CT molecular complexity index is 1530. The SMILES string of the molecule is Cc1ccc(-c2c(OC(=O)O)n(CCCOc3cccc4ccccc34)c3ccccc23)cc1C. The molecule has 0 aliphatic rings. The van der Waals surface area contributed by atoms with Crippen LogP contribution in [0.5, 0.6) is 11.6 Å². The molecule has 5 rings (SSSR count). The maximum atomic E-state index is 11.7. The fourth-order valence-electron chi connectivity index (χ4n) is 4.59. The van der Waals surface area contributed by atoms with Crippen LogP contribution in [0.1, 0.15) is 17.5 Å². The second-order valence-corrected chi connectivity index (χ2v) is 8.70. The molecule has 1 aromatic heterocycles. The molecule has 0 bridgehead atoms. The molecule has 0 saturated carbocycles. The molecule has 0 saturated heterocycles. The maximum Gasteiger partial charge on any atom is 0.512 e. The number of nitrogens with zero attached hydrogens (tertiary/aromatic N) is 1. The van der Waals surface area contributed by atoms with Gasteiger partial charge in [-0.05, 0) is 54.5 Å². The van der Waals surface area contributed by atoms with Crippen molar-refractivity contribution in [2.45, 2.75) is 26.8 Å². The monoisotopic (exact) mass is 465 g/mol. The molecule has 0 spiro atoms. The van der Waals surface area contributed by atoms with Crippen molar-refractivity contribution >= 4 is 27.8 Å². The summed E-state index contributed by atoms with van der Waals surface area (Å²) in [7, 11) is 0. The normalized spacial score (nSPS) is 11.1. The lowest BCUT2D eigenvalue weighted by Gasteiger charge is -2.13. The van der Waals surface area contributed by atoms with Crippen LogP contribution in [0.15, 0.2) is 84.9 Å². The topological polar surface area (TPSA) is 60.7 Å². The second-order valence-electron chi connectivity index (χ2n) is 8.70. The summed E-state index contributed by atoms with van der Waals surface area (Å²) < 4.78 is 13.5. The van der Waals surface area contributed by atoms with Gasteiger partial charge in [0, 0.05) is 17.3 Å². The summed E-state index contributed by atoms with van der Waals surface area (Å²) in [5.74, 6) is 1.19. The summed E-state index contributed by atoms with van der Waals surface area (Å²) in [6, 6.07) is 28.3. The van der Waals surface area contributed by atoms with Crippen LogP contribution < -0.4 is 9.47 Å². The van der Waals surface area contributed by atoms with Gasteiger partial charge in [0.25, 0.3) is 0 Å². The highest BCUT2D eigenvalue weighted by Crippen LogP contribution is 2.41. The number of para-hydroxylation sites is 1. The molecule has 1 heterocycles. The van der Waals surface area contributed by atoms with E-state index in [1.54, 1.807) is 0 Å². The Hall–Kier alpha value is -4.25. The summed E-state index contributed by atoms with van der Waals surface area (Å²) in [5, 5.41) is 12.7. The number of ether oxygens (including phenoxy) is 2. The smallest absolute Gasteiger partial charge is 0.493 e. The molecular weight excluding hydrogens is 438 g/mol. The van der Waals surface area contributed by atoms with Crippen molar-refractivity contribution in [3.63, 3.8) is 0 Å². The predicted octanol–water partition coefficient (Wildman–Crippen LogP) is 7.60. The lowest BCUT2D eigenvalue weighted by atomic mass is 10.00. The van der Waals surface area contributed by atoms with Crippen LogP contribution in [0.2, 0.25) is 0 Å². The maximum absolute atomic E-state index is 11.7. The van der Waals surface area contributed by atoms with Gasteiger partial charge in [-0.2, -0.15) is 0 Å². The molecule has 1 N–H and O–H groups in total. The van der Waals surface area contributed by atoms with E-state index in [9.17, 15) is 9.90 Å². The molecule has 0 radical (unpaired) electrons. The van der Waals surface area contributed by atoms with Gasteiger partial charge in [0.1, 0.15) is 5.75 Å². The zero-order valence-electron chi connectivity index (χ0n) is 19.8. The molecule has 0 aliphatic carbocycles. The Balaban J connectivity index is 1.47. The van der Waals surface area contributed by atoms with E-state index < -0.39 is 6.16 Å². The lowest BCUT2D eigenvalue weighted by Crippen LogP contribution is -2.11. The van der Waals surface area contributed by atoms with E-state index in [2.05, 4.69) is 44.2 Å². The fourth-order valence-corrected chi connectivity index (χ4v) is 4.59. The number of carbonyl (C=O) groups is 1. The number of benzene rings is 4. The Kier molecular flexibility index (Phi) is 6.15. The number of aromatic nitrogens is 1. The van der Waals surface area contributed by atoms with Crippen molar-refractivity contribution in [1.29, 1.82) is 0 Å². The number of rotatable bonds is 7. The molecule has 0 aliphatic heterocycles. The van der Waals surface area contributed by atoms with Crippen LogP contribution in [-0.4, -0.2) is 22.4 Å². The Morgan fingerprint density at radius 2 is 1.60 bits per heavy atom. The highest BCUT2D eigenvalue weighted by Gasteiger charge is 2.22. The zero-order valence-corrected chi connectivity index (χ0v) is 19.8. The molecule has 176 valence electrons. The largest absolute Gasteiger partial charge is 0.512 e. The first kappa shape index (κ1) is 22.5. The highest BCUT2D eigenvalue weighted by atomic mass is 16.7. The number of aryl methyl sites for hydroxylation is 3. The predicted molar refractivity (Wildman–Crippen MR) is 140 cm³/mol. The molecule has 0 fully saturated rings. The van der Waals surface area contributed by atoms with Crippen LogP contribution in [0.25, 0.3) is 32.8 Å². The van der Waals surface area contributed by atoms with E-state index in [1.807, 2.05) is 59.2 Å². The molecule has 5 heteroatoms. The first-order chi connectivity index (χ1) is 17.0. The van der Waals surface area contributed by atoms with Crippen molar-refractivity contribution in [3.05, 3.63) is 96.1 Å². The molecule has 4 aromatic carbocycles. The van der Waals surface area contributed by atoms with Gasteiger partial charge in [-0.25, -0.2) is 4.79 Å². The van der Waals surface area contributed by atoms with E-state index in [0.29, 0.717) is 25.5 Å². The van der Waals surface area contributed by atoms with Gasteiger partial charge in [-0.3, -0.25) is 0 Å². The van der Waals surface area contributed by atoms with Gasteiger partial charge in [0.2, 0.25) is 5.88 Å². The quantitative estimate of drug-likeness (QED) is 0.199. The molecule has 0 unspecified atom stereocenters. The summed E-state index contributed by atoms with van der Waals surface area (Å²) in [6.45, 7) is 5.16. The minimum atomic E-state index is -1.33. The molecular formula is C30H27NO4. The van der Waals surface area contributed by atoms with Crippen LogP contribution in [0.3, 0.4) is 0 Å². The van der Waals surface area contributed by atoms with Gasteiger partial charge in [-0.1, -0.05) is 72.8 Å². The summed E-state index contributed by atoms with van der Waals surface area (Å²) in [4.78, 5) is 11.7. The average Bonchev–Trinajstić information content (AvgIpc) is 3.16. The minimum absolute atomic E-state index is 0.340. The first-order valence-corrected chi connectivity index (χ1v) is 11.7. The average molecular weight is 466 g/mol. The van der Waals surface area contributed by atoms with E-state index in [1.165, 1.54) is 5.56 Å². The van der Waals surface area contributed by atoms with Crippen LogP contribution in [0.4, 0.5) is 4.79 Å². The van der Waals surface area contributed by atoms with Gasteiger partial charge in [0.15, 0.2) is 0 Å². The third-order valence-corrected chi connectivity index (χ3v) is 6.44. The van der Waals surface area contributed by atoms with Crippen molar-refractivity contribution < 1.29 is 19.4 Å². The summed E-state index contributed by atoms with van der Waals surface area (Å²) in [5.41, 5.74) is 4.99.